The van der Waals surface area contributed by atoms with Gasteiger partial charge in [0.05, 0.1) is 12.0 Å². The van der Waals surface area contributed by atoms with Crippen LogP contribution in [0.4, 0.5) is 0 Å². The van der Waals surface area contributed by atoms with Crippen LogP contribution in [-0.4, -0.2) is 42.7 Å². The van der Waals surface area contributed by atoms with Crippen LogP contribution in [0.5, 0.6) is 5.75 Å². The maximum absolute atomic E-state index is 11.7. The Bertz CT molecular complexity index is 433. The first-order chi connectivity index (χ1) is 9.08. The Hall–Kier alpha value is -1.55. The van der Waals surface area contributed by atoms with E-state index in [1.165, 1.54) is 0 Å². The van der Waals surface area contributed by atoms with Gasteiger partial charge in [-0.2, -0.15) is 0 Å². The number of carbonyl (C=O) groups is 1. The van der Waals surface area contributed by atoms with Gasteiger partial charge in [0.1, 0.15) is 5.75 Å². The van der Waals surface area contributed by atoms with Crippen molar-refractivity contribution < 1.29 is 14.6 Å². The third kappa shape index (κ3) is 2.73. The Morgan fingerprint density at radius 1 is 1.32 bits per heavy atom. The van der Waals surface area contributed by atoms with Gasteiger partial charge in [-0.25, -0.2) is 0 Å². The normalized spacial score (nSPS) is 19.1. The molecule has 104 valence electrons. The van der Waals surface area contributed by atoms with Gasteiger partial charge in [-0.15, -0.1) is 0 Å². The molecule has 1 N–H and O–H groups in total. The third-order valence-electron chi connectivity index (χ3n) is 3.97. The van der Waals surface area contributed by atoms with Crippen molar-refractivity contribution >= 4 is 5.97 Å². The quantitative estimate of drug-likeness (QED) is 0.904. The van der Waals surface area contributed by atoms with Crippen LogP contribution in [0.3, 0.4) is 0 Å². The van der Waals surface area contributed by atoms with Gasteiger partial charge in [0.2, 0.25) is 0 Å². The van der Waals surface area contributed by atoms with Crippen LogP contribution in [0, 0.1) is 0 Å². The number of carboxylic acid groups (broad SMARTS) is 1. The lowest BCUT2D eigenvalue weighted by atomic mass is 9.73. The summed E-state index contributed by atoms with van der Waals surface area (Å²) in [4.78, 5) is 13.9. The van der Waals surface area contributed by atoms with Gasteiger partial charge in [-0.3, -0.25) is 4.79 Å². The van der Waals surface area contributed by atoms with E-state index in [2.05, 4.69) is 4.90 Å². The molecule has 1 aromatic rings. The largest absolute Gasteiger partial charge is 0.494 e. The summed E-state index contributed by atoms with van der Waals surface area (Å²) in [6.07, 6.45) is 1.32. The number of hydrogen-bond acceptors (Lipinski definition) is 3. The molecule has 1 heterocycles. The van der Waals surface area contributed by atoms with Crippen LogP contribution in [-0.2, 0) is 10.2 Å². The van der Waals surface area contributed by atoms with E-state index in [1.807, 2.05) is 38.2 Å². The van der Waals surface area contributed by atoms with Gasteiger partial charge < -0.3 is 14.7 Å². The lowest BCUT2D eigenvalue weighted by Crippen LogP contribution is -2.46. The highest BCUT2D eigenvalue weighted by Gasteiger charge is 2.42. The first-order valence-corrected chi connectivity index (χ1v) is 6.74. The number of rotatable bonds is 4. The van der Waals surface area contributed by atoms with Crippen molar-refractivity contribution in [3.63, 3.8) is 0 Å². The van der Waals surface area contributed by atoms with Crippen molar-refractivity contribution in [2.24, 2.45) is 0 Å². The number of hydrogen-bond donors (Lipinski definition) is 1. The average Bonchev–Trinajstić information content (AvgIpc) is 2.41. The second kappa shape index (κ2) is 5.61. The first kappa shape index (κ1) is 13.9. The fraction of sp³-hybridized carbons (Fsp3) is 0.533. The molecule has 1 saturated heterocycles. The van der Waals surface area contributed by atoms with E-state index in [9.17, 15) is 9.90 Å². The Morgan fingerprint density at radius 3 is 2.37 bits per heavy atom. The summed E-state index contributed by atoms with van der Waals surface area (Å²) in [5.74, 6) is 0.0736. The second-order valence-corrected chi connectivity index (χ2v) is 5.15. The molecule has 1 aliphatic rings. The van der Waals surface area contributed by atoms with Crippen molar-refractivity contribution in [2.45, 2.75) is 25.2 Å². The maximum Gasteiger partial charge on any atom is 0.314 e. The zero-order valence-corrected chi connectivity index (χ0v) is 11.6. The fourth-order valence-electron chi connectivity index (χ4n) is 2.66. The smallest absolute Gasteiger partial charge is 0.314 e. The van der Waals surface area contributed by atoms with Crippen LogP contribution in [0.25, 0.3) is 0 Å². The minimum Gasteiger partial charge on any atom is -0.494 e. The van der Waals surface area contributed by atoms with Crippen molar-refractivity contribution in [3.05, 3.63) is 29.8 Å². The summed E-state index contributed by atoms with van der Waals surface area (Å²) in [7, 11) is 2.03. The van der Waals surface area contributed by atoms with Crippen molar-refractivity contribution in [1.29, 1.82) is 0 Å². The van der Waals surface area contributed by atoms with Crippen LogP contribution in [0.15, 0.2) is 24.3 Å². The van der Waals surface area contributed by atoms with E-state index >= 15 is 0 Å². The molecular formula is C15H21NO3. The number of ether oxygens (including phenoxy) is 1. The number of piperidine rings is 1. The van der Waals surface area contributed by atoms with Crippen LogP contribution >= 0.6 is 0 Å². The molecule has 0 bridgehead atoms. The summed E-state index contributed by atoms with van der Waals surface area (Å²) in [6, 6.07) is 7.51. The molecule has 1 fully saturated rings. The van der Waals surface area contributed by atoms with Gasteiger partial charge in [0.25, 0.3) is 0 Å². The lowest BCUT2D eigenvalue weighted by molar-refractivity contribution is -0.145. The van der Waals surface area contributed by atoms with E-state index in [0.29, 0.717) is 19.4 Å². The predicted octanol–water partition coefficient (Wildman–Crippen LogP) is 2.13. The molecule has 0 spiro atoms. The standard InChI is InChI=1S/C15H21NO3/c1-3-19-13-6-4-12(5-7-13)15(14(17)18)8-10-16(2)11-9-15/h4-7H,3,8-11H2,1-2H3,(H,17,18). The molecule has 0 amide bonds. The van der Waals surface area contributed by atoms with Crippen molar-refractivity contribution in [1.82, 2.24) is 4.90 Å². The van der Waals surface area contributed by atoms with Gasteiger partial charge in [-0.05, 0) is 57.6 Å². The van der Waals surface area contributed by atoms with Crippen LogP contribution in [0.2, 0.25) is 0 Å². The molecule has 2 rings (SSSR count). The fourth-order valence-corrected chi connectivity index (χ4v) is 2.66. The van der Waals surface area contributed by atoms with Gasteiger partial charge in [-0.1, -0.05) is 12.1 Å². The number of aliphatic carboxylic acids is 1. The van der Waals surface area contributed by atoms with Crippen LogP contribution in [0.1, 0.15) is 25.3 Å². The zero-order valence-electron chi connectivity index (χ0n) is 11.6. The van der Waals surface area contributed by atoms with Gasteiger partial charge in [0.15, 0.2) is 0 Å². The lowest BCUT2D eigenvalue weighted by Gasteiger charge is -2.37. The average molecular weight is 263 g/mol. The van der Waals surface area contributed by atoms with Gasteiger partial charge >= 0.3 is 5.97 Å². The molecule has 19 heavy (non-hydrogen) atoms. The van der Waals surface area contributed by atoms with Gasteiger partial charge in [0, 0.05) is 0 Å². The molecule has 0 aromatic heterocycles. The Balaban J connectivity index is 2.26. The Kier molecular flexibility index (Phi) is 4.10. The highest BCUT2D eigenvalue weighted by molar-refractivity contribution is 5.81. The predicted molar refractivity (Wildman–Crippen MR) is 73.7 cm³/mol. The summed E-state index contributed by atoms with van der Waals surface area (Å²) in [5.41, 5.74) is 0.147. The third-order valence-corrected chi connectivity index (χ3v) is 3.97. The molecular weight excluding hydrogens is 242 g/mol. The minimum absolute atomic E-state index is 0.619. The summed E-state index contributed by atoms with van der Waals surface area (Å²) < 4.78 is 5.40. The Morgan fingerprint density at radius 2 is 1.89 bits per heavy atom. The minimum atomic E-state index is -0.739. The maximum atomic E-state index is 11.7. The molecule has 0 unspecified atom stereocenters. The second-order valence-electron chi connectivity index (χ2n) is 5.15. The van der Waals surface area contributed by atoms with Crippen LogP contribution < -0.4 is 4.74 Å². The number of benzene rings is 1. The summed E-state index contributed by atoms with van der Waals surface area (Å²) in [5, 5.41) is 9.65. The van der Waals surface area contributed by atoms with E-state index in [-0.39, 0.29) is 0 Å². The molecule has 1 aromatic carbocycles. The molecule has 0 atom stereocenters. The van der Waals surface area contributed by atoms with E-state index in [1.54, 1.807) is 0 Å². The first-order valence-electron chi connectivity index (χ1n) is 6.74. The summed E-state index contributed by atoms with van der Waals surface area (Å²) in [6.45, 7) is 4.19. The molecule has 0 aliphatic carbocycles. The number of likely N-dealkylation sites (tertiary alicyclic amines) is 1. The number of nitrogens with zero attached hydrogens (tertiary/aromatic N) is 1. The molecule has 0 radical (unpaired) electrons. The van der Waals surface area contributed by atoms with E-state index in [0.717, 1.165) is 24.4 Å². The van der Waals surface area contributed by atoms with E-state index in [4.69, 9.17) is 4.74 Å². The topological polar surface area (TPSA) is 49.8 Å². The summed E-state index contributed by atoms with van der Waals surface area (Å²) >= 11 is 0. The molecule has 1 aliphatic heterocycles. The van der Waals surface area contributed by atoms with Crippen molar-refractivity contribution in [2.75, 3.05) is 26.7 Å². The molecule has 4 heteroatoms. The zero-order chi connectivity index (χ0) is 13.9. The molecule has 0 saturated carbocycles. The highest BCUT2D eigenvalue weighted by atomic mass is 16.5. The monoisotopic (exact) mass is 263 g/mol. The van der Waals surface area contributed by atoms with E-state index < -0.39 is 11.4 Å². The highest BCUT2D eigenvalue weighted by Crippen LogP contribution is 2.36. The molecule has 4 nitrogen and oxygen atoms in total. The SMILES string of the molecule is CCOc1ccc(C2(C(=O)O)CCN(C)CC2)cc1. The number of carboxylic acids is 1. The van der Waals surface area contributed by atoms with Crippen molar-refractivity contribution in [3.8, 4) is 5.75 Å². The Labute approximate surface area is 114 Å².